The third-order valence-electron chi connectivity index (χ3n) is 2.62. The molecule has 0 spiro atoms. The lowest BCUT2D eigenvalue weighted by Gasteiger charge is -2.19. The maximum atomic E-state index is 11.2. The maximum Gasteiger partial charge on any atom is 0.337 e. The van der Waals surface area contributed by atoms with Gasteiger partial charge in [-0.1, -0.05) is 29.8 Å². The highest BCUT2D eigenvalue weighted by Gasteiger charge is 2.16. The van der Waals surface area contributed by atoms with E-state index in [0.717, 1.165) is 21.8 Å². The number of carboxylic acids is 1. The van der Waals surface area contributed by atoms with Crippen LogP contribution in [0.15, 0.2) is 21.1 Å². The molecule has 3 nitrogen and oxygen atoms in total. The van der Waals surface area contributed by atoms with Crippen molar-refractivity contribution < 1.29 is 9.90 Å². The SMILES string of the molecule is CCC(CC)Nc1c(Br)cc(Br)cc1C(=O)O. The summed E-state index contributed by atoms with van der Waals surface area (Å²) in [5.74, 6) is -0.930. The lowest BCUT2D eigenvalue weighted by Crippen LogP contribution is -2.19. The van der Waals surface area contributed by atoms with Crippen molar-refractivity contribution in [1.82, 2.24) is 0 Å². The molecule has 0 aliphatic rings. The molecule has 0 heterocycles. The summed E-state index contributed by atoms with van der Waals surface area (Å²) in [6.07, 6.45) is 1.91. The number of hydrogen-bond acceptors (Lipinski definition) is 2. The second-order valence-corrected chi connectivity index (χ2v) is 5.54. The molecule has 0 atom stereocenters. The number of halogens is 2. The lowest BCUT2D eigenvalue weighted by atomic mass is 10.1. The molecule has 0 fully saturated rings. The van der Waals surface area contributed by atoms with Gasteiger partial charge in [-0.05, 0) is 40.9 Å². The quantitative estimate of drug-likeness (QED) is 0.807. The summed E-state index contributed by atoms with van der Waals surface area (Å²) in [5.41, 5.74) is 0.924. The molecule has 1 rings (SSSR count). The Labute approximate surface area is 118 Å². The minimum absolute atomic E-state index is 0.276. The van der Waals surface area contributed by atoms with Crippen LogP contribution < -0.4 is 5.32 Å². The van der Waals surface area contributed by atoms with E-state index in [1.54, 1.807) is 6.07 Å². The highest BCUT2D eigenvalue weighted by molar-refractivity contribution is 9.11. The Balaban J connectivity index is 3.16. The number of carbonyl (C=O) groups is 1. The molecule has 0 saturated heterocycles. The molecule has 0 unspecified atom stereocenters. The summed E-state index contributed by atoms with van der Waals surface area (Å²) in [4.78, 5) is 11.2. The van der Waals surface area contributed by atoms with Crippen molar-refractivity contribution in [2.24, 2.45) is 0 Å². The first-order valence-corrected chi connectivity index (χ1v) is 7.07. The van der Waals surface area contributed by atoms with Crippen molar-refractivity contribution in [3.63, 3.8) is 0 Å². The van der Waals surface area contributed by atoms with E-state index < -0.39 is 5.97 Å². The normalized spacial score (nSPS) is 10.6. The summed E-state index contributed by atoms with van der Waals surface area (Å²) in [6, 6.07) is 3.74. The first kappa shape index (κ1) is 14.5. The van der Waals surface area contributed by atoms with Crippen molar-refractivity contribution in [2.45, 2.75) is 32.7 Å². The molecule has 0 bridgehead atoms. The van der Waals surface area contributed by atoms with Crippen LogP contribution in [0.25, 0.3) is 0 Å². The van der Waals surface area contributed by atoms with Crippen LogP contribution in [0.3, 0.4) is 0 Å². The lowest BCUT2D eigenvalue weighted by molar-refractivity contribution is 0.0697. The van der Waals surface area contributed by atoms with Gasteiger partial charge in [0.1, 0.15) is 0 Å². The van der Waals surface area contributed by atoms with E-state index in [1.807, 2.05) is 6.07 Å². The molecule has 0 aliphatic heterocycles. The zero-order valence-corrected chi connectivity index (χ0v) is 12.9. The highest BCUT2D eigenvalue weighted by atomic mass is 79.9. The second kappa shape index (κ2) is 6.40. The molecule has 0 saturated carbocycles. The van der Waals surface area contributed by atoms with Crippen molar-refractivity contribution in [3.8, 4) is 0 Å². The van der Waals surface area contributed by atoms with Crippen LogP contribution in [-0.4, -0.2) is 17.1 Å². The summed E-state index contributed by atoms with van der Waals surface area (Å²) >= 11 is 6.69. The molecule has 17 heavy (non-hydrogen) atoms. The van der Waals surface area contributed by atoms with E-state index >= 15 is 0 Å². The van der Waals surface area contributed by atoms with Crippen LogP contribution in [0.2, 0.25) is 0 Å². The van der Waals surface area contributed by atoms with Crippen LogP contribution in [0, 0.1) is 0 Å². The molecule has 0 radical (unpaired) electrons. The molecule has 1 aromatic rings. The number of anilines is 1. The van der Waals surface area contributed by atoms with Gasteiger partial charge < -0.3 is 10.4 Å². The molecule has 5 heteroatoms. The molecule has 0 aliphatic carbocycles. The van der Waals surface area contributed by atoms with E-state index in [0.29, 0.717) is 5.69 Å². The summed E-state index contributed by atoms with van der Waals surface area (Å²) in [6.45, 7) is 4.16. The molecule has 94 valence electrons. The smallest absolute Gasteiger partial charge is 0.337 e. The van der Waals surface area contributed by atoms with Crippen molar-refractivity contribution in [3.05, 3.63) is 26.6 Å². The number of aromatic carboxylic acids is 1. The van der Waals surface area contributed by atoms with Gasteiger partial charge in [0.2, 0.25) is 0 Å². The Morgan fingerprint density at radius 1 is 1.35 bits per heavy atom. The standard InChI is InChI=1S/C12H15Br2NO2/c1-3-8(4-2)15-11-9(12(16)17)5-7(13)6-10(11)14/h5-6,8,15H,3-4H2,1-2H3,(H,16,17). The third kappa shape index (κ3) is 3.71. The van der Waals surface area contributed by atoms with Crippen LogP contribution in [0.5, 0.6) is 0 Å². The number of nitrogens with one attached hydrogen (secondary N) is 1. The van der Waals surface area contributed by atoms with Gasteiger partial charge in [0.05, 0.1) is 11.3 Å². The molecule has 1 aromatic carbocycles. The minimum atomic E-state index is -0.930. The van der Waals surface area contributed by atoms with Gasteiger partial charge in [0.15, 0.2) is 0 Å². The Morgan fingerprint density at radius 3 is 2.41 bits per heavy atom. The van der Waals surface area contributed by atoms with E-state index in [9.17, 15) is 9.90 Å². The molecular formula is C12H15Br2NO2. The number of benzene rings is 1. The first-order valence-electron chi connectivity index (χ1n) is 5.48. The predicted octanol–water partition coefficient (Wildman–Crippen LogP) is 4.51. The first-order chi connectivity index (χ1) is 7.99. The van der Waals surface area contributed by atoms with Gasteiger partial charge >= 0.3 is 5.97 Å². The fourth-order valence-corrected chi connectivity index (χ4v) is 2.93. The van der Waals surface area contributed by atoms with Gasteiger partial charge in [-0.3, -0.25) is 0 Å². The van der Waals surface area contributed by atoms with Gasteiger partial charge in [-0.15, -0.1) is 0 Å². The summed E-state index contributed by atoms with van der Waals surface area (Å²) < 4.78 is 1.51. The van der Waals surface area contributed by atoms with Crippen LogP contribution in [0.1, 0.15) is 37.0 Å². The van der Waals surface area contributed by atoms with Crippen LogP contribution >= 0.6 is 31.9 Å². The number of rotatable bonds is 5. The second-order valence-electron chi connectivity index (χ2n) is 3.77. The van der Waals surface area contributed by atoms with E-state index in [2.05, 4.69) is 51.0 Å². The Kier molecular flexibility index (Phi) is 5.46. The average Bonchev–Trinajstić information content (AvgIpc) is 2.27. The third-order valence-corrected chi connectivity index (χ3v) is 3.70. The van der Waals surface area contributed by atoms with Crippen molar-refractivity contribution in [2.75, 3.05) is 5.32 Å². The highest BCUT2D eigenvalue weighted by Crippen LogP contribution is 2.31. The molecule has 0 aromatic heterocycles. The van der Waals surface area contributed by atoms with Crippen molar-refractivity contribution in [1.29, 1.82) is 0 Å². The number of carboxylic acid groups (broad SMARTS) is 1. The fourth-order valence-electron chi connectivity index (χ4n) is 1.59. The monoisotopic (exact) mass is 363 g/mol. The molecular weight excluding hydrogens is 350 g/mol. The Bertz CT molecular complexity index is 417. The fraction of sp³-hybridized carbons (Fsp3) is 0.417. The summed E-state index contributed by atoms with van der Waals surface area (Å²) in [7, 11) is 0. The molecule has 2 N–H and O–H groups in total. The topological polar surface area (TPSA) is 49.3 Å². The zero-order valence-electron chi connectivity index (χ0n) is 9.76. The van der Waals surface area contributed by atoms with E-state index in [1.165, 1.54) is 0 Å². The summed E-state index contributed by atoms with van der Waals surface area (Å²) in [5, 5.41) is 12.5. The Morgan fingerprint density at radius 2 is 1.94 bits per heavy atom. The molecule has 0 amide bonds. The zero-order chi connectivity index (χ0) is 13.0. The maximum absolute atomic E-state index is 11.2. The van der Waals surface area contributed by atoms with Crippen LogP contribution in [0.4, 0.5) is 5.69 Å². The van der Waals surface area contributed by atoms with Gasteiger partial charge in [-0.2, -0.15) is 0 Å². The van der Waals surface area contributed by atoms with Crippen LogP contribution in [-0.2, 0) is 0 Å². The average molecular weight is 365 g/mol. The van der Waals surface area contributed by atoms with Gasteiger partial charge in [0, 0.05) is 15.0 Å². The van der Waals surface area contributed by atoms with Gasteiger partial charge in [-0.25, -0.2) is 4.79 Å². The van der Waals surface area contributed by atoms with E-state index in [-0.39, 0.29) is 11.6 Å². The van der Waals surface area contributed by atoms with E-state index in [4.69, 9.17) is 0 Å². The number of hydrogen-bond donors (Lipinski definition) is 2. The minimum Gasteiger partial charge on any atom is -0.478 e. The Hall–Kier alpha value is -0.550. The van der Waals surface area contributed by atoms with Gasteiger partial charge in [0.25, 0.3) is 0 Å². The van der Waals surface area contributed by atoms with Crippen molar-refractivity contribution >= 4 is 43.5 Å². The predicted molar refractivity (Wildman–Crippen MR) is 76.8 cm³/mol. The largest absolute Gasteiger partial charge is 0.478 e.